The van der Waals surface area contributed by atoms with Gasteiger partial charge in [0.1, 0.15) is 0 Å². The Morgan fingerprint density at radius 2 is 1.89 bits per heavy atom. The first-order valence-corrected chi connectivity index (χ1v) is 9.90. The van der Waals surface area contributed by atoms with E-state index in [1.807, 2.05) is 31.2 Å². The van der Waals surface area contributed by atoms with Crippen LogP contribution in [0.25, 0.3) is 11.3 Å². The van der Waals surface area contributed by atoms with E-state index in [-0.39, 0.29) is 18.4 Å². The average molecular weight is 438 g/mol. The number of carbonyl (C=O) groups excluding carboxylic acids is 1. The summed E-state index contributed by atoms with van der Waals surface area (Å²) in [6.07, 6.45) is 2.30. The Morgan fingerprint density at radius 3 is 2.61 bits per heavy atom. The van der Waals surface area contributed by atoms with E-state index in [4.69, 9.17) is 39.2 Å². The van der Waals surface area contributed by atoms with E-state index in [0.29, 0.717) is 33.1 Å². The number of hydrogen-bond donors (Lipinski definition) is 0. The molecule has 0 aliphatic carbocycles. The lowest BCUT2D eigenvalue weighted by Gasteiger charge is -2.26. The summed E-state index contributed by atoms with van der Waals surface area (Å²) in [5.41, 5.74) is 1.62. The van der Waals surface area contributed by atoms with Crippen LogP contribution in [0.4, 0.5) is 0 Å². The van der Waals surface area contributed by atoms with Gasteiger partial charge in [-0.25, -0.2) is 4.98 Å². The van der Waals surface area contributed by atoms with Crippen molar-refractivity contribution in [3.63, 3.8) is 0 Å². The van der Waals surface area contributed by atoms with Crippen LogP contribution in [0, 0.1) is 0 Å². The molecular weight excluding hydrogens is 419 g/mol. The number of aryl methyl sites for hydroxylation is 1. The molecule has 0 saturated heterocycles. The largest absolute Gasteiger partial charge is 0.441 e. The van der Waals surface area contributed by atoms with E-state index in [1.54, 1.807) is 36.3 Å². The predicted octanol–water partition coefficient (Wildman–Crippen LogP) is 6.45. The lowest BCUT2D eigenvalue weighted by Crippen LogP contribution is -2.30. The topological polar surface area (TPSA) is 46.3 Å². The van der Waals surface area contributed by atoms with Crippen molar-refractivity contribution in [3.8, 4) is 11.3 Å². The number of benzene rings is 2. The van der Waals surface area contributed by atoms with Gasteiger partial charge in [0, 0.05) is 35.5 Å². The van der Waals surface area contributed by atoms with Crippen LogP contribution < -0.4 is 0 Å². The van der Waals surface area contributed by atoms with Gasteiger partial charge in [-0.15, -0.1) is 0 Å². The molecule has 0 aliphatic heterocycles. The Morgan fingerprint density at radius 1 is 1.14 bits per heavy atom. The molecule has 0 bridgehead atoms. The highest BCUT2D eigenvalue weighted by molar-refractivity contribution is 6.35. The zero-order valence-electron chi connectivity index (χ0n) is 15.5. The second kappa shape index (κ2) is 8.99. The first-order valence-electron chi connectivity index (χ1n) is 8.77. The van der Waals surface area contributed by atoms with Crippen molar-refractivity contribution >= 4 is 40.7 Å². The van der Waals surface area contributed by atoms with Gasteiger partial charge in [-0.3, -0.25) is 4.79 Å². The van der Waals surface area contributed by atoms with Crippen molar-refractivity contribution in [3.05, 3.63) is 75.2 Å². The third kappa shape index (κ3) is 4.69. The number of amides is 1. The normalized spacial score (nSPS) is 12.0. The zero-order chi connectivity index (χ0) is 20.3. The van der Waals surface area contributed by atoms with Crippen LogP contribution in [0.1, 0.15) is 30.8 Å². The predicted molar refractivity (Wildman–Crippen MR) is 113 cm³/mol. The number of carbonyl (C=O) groups is 1. The van der Waals surface area contributed by atoms with Crippen LogP contribution in [0.15, 0.2) is 53.1 Å². The molecule has 3 rings (SSSR count). The fourth-order valence-electron chi connectivity index (χ4n) is 2.87. The molecule has 0 saturated carbocycles. The Balaban J connectivity index is 1.63. The number of aromatic nitrogens is 1. The molecule has 3 aromatic rings. The number of hydrogen-bond acceptors (Lipinski definition) is 3. The summed E-state index contributed by atoms with van der Waals surface area (Å²) >= 11 is 18.4. The van der Waals surface area contributed by atoms with Gasteiger partial charge in [0.25, 0.3) is 0 Å². The quantitative estimate of drug-likeness (QED) is 0.445. The molecule has 1 heterocycles. The Kier molecular flexibility index (Phi) is 6.65. The summed E-state index contributed by atoms with van der Waals surface area (Å²) in [7, 11) is 1.75. The lowest BCUT2D eigenvalue weighted by molar-refractivity contribution is -0.131. The molecule has 28 heavy (non-hydrogen) atoms. The SMILES string of the molecule is CC(c1ccc(Cl)cc1Cl)N(C)C(=O)CCc1ncc(-c2ccccc2Cl)o1. The summed E-state index contributed by atoms with van der Waals surface area (Å²) in [6.45, 7) is 1.92. The minimum absolute atomic E-state index is 0.0315. The highest BCUT2D eigenvalue weighted by Gasteiger charge is 2.20. The number of nitrogens with zero attached hydrogens (tertiary/aromatic N) is 2. The van der Waals surface area contributed by atoms with E-state index in [0.717, 1.165) is 11.1 Å². The summed E-state index contributed by atoms with van der Waals surface area (Å²) in [5, 5.41) is 1.69. The van der Waals surface area contributed by atoms with Crippen LogP contribution in [-0.2, 0) is 11.2 Å². The molecule has 0 N–H and O–H groups in total. The van der Waals surface area contributed by atoms with E-state index in [2.05, 4.69) is 4.98 Å². The molecule has 1 atom stereocenters. The molecule has 1 aromatic heterocycles. The molecule has 7 heteroatoms. The molecule has 2 aromatic carbocycles. The van der Waals surface area contributed by atoms with Gasteiger partial charge >= 0.3 is 0 Å². The standard InChI is InChI=1S/C21H19Cl3N2O2/c1-13(15-8-7-14(22)11-18(15)24)26(2)21(27)10-9-20-25-12-19(28-20)16-5-3-4-6-17(16)23/h3-8,11-13H,9-10H2,1-2H3. The van der Waals surface area contributed by atoms with Gasteiger partial charge in [-0.05, 0) is 36.8 Å². The molecule has 0 radical (unpaired) electrons. The molecular formula is C21H19Cl3N2O2. The van der Waals surface area contributed by atoms with Crippen molar-refractivity contribution in [2.75, 3.05) is 7.05 Å². The van der Waals surface area contributed by atoms with Crippen molar-refractivity contribution in [2.45, 2.75) is 25.8 Å². The minimum atomic E-state index is -0.180. The van der Waals surface area contributed by atoms with Crippen LogP contribution in [0.2, 0.25) is 15.1 Å². The van der Waals surface area contributed by atoms with Gasteiger partial charge < -0.3 is 9.32 Å². The van der Waals surface area contributed by atoms with Crippen LogP contribution in [0.3, 0.4) is 0 Å². The summed E-state index contributed by atoms with van der Waals surface area (Å²) < 4.78 is 5.76. The van der Waals surface area contributed by atoms with E-state index >= 15 is 0 Å². The second-order valence-corrected chi connectivity index (χ2v) is 7.70. The molecule has 0 spiro atoms. The number of oxazole rings is 1. The Bertz CT molecular complexity index is 987. The third-order valence-electron chi connectivity index (χ3n) is 4.63. The maximum atomic E-state index is 12.6. The zero-order valence-corrected chi connectivity index (χ0v) is 17.7. The van der Waals surface area contributed by atoms with E-state index in [9.17, 15) is 4.79 Å². The minimum Gasteiger partial charge on any atom is -0.441 e. The highest BCUT2D eigenvalue weighted by atomic mass is 35.5. The van der Waals surface area contributed by atoms with Crippen LogP contribution in [-0.4, -0.2) is 22.8 Å². The van der Waals surface area contributed by atoms with Gasteiger partial charge in [0.05, 0.1) is 17.3 Å². The number of halogens is 3. The maximum absolute atomic E-state index is 12.6. The molecule has 146 valence electrons. The van der Waals surface area contributed by atoms with Crippen LogP contribution >= 0.6 is 34.8 Å². The summed E-state index contributed by atoms with van der Waals surface area (Å²) in [6, 6.07) is 12.5. The number of rotatable bonds is 6. The maximum Gasteiger partial charge on any atom is 0.223 e. The molecule has 0 fully saturated rings. The van der Waals surface area contributed by atoms with Gasteiger partial charge in [0.2, 0.25) is 5.91 Å². The molecule has 1 amide bonds. The Labute approximate surface area is 179 Å². The van der Waals surface area contributed by atoms with Crippen molar-refractivity contribution < 1.29 is 9.21 Å². The van der Waals surface area contributed by atoms with Gasteiger partial charge in [-0.2, -0.15) is 0 Å². The lowest BCUT2D eigenvalue weighted by atomic mass is 10.1. The van der Waals surface area contributed by atoms with Crippen molar-refractivity contribution in [1.82, 2.24) is 9.88 Å². The highest BCUT2D eigenvalue weighted by Crippen LogP contribution is 2.30. The second-order valence-electron chi connectivity index (χ2n) is 6.44. The van der Waals surface area contributed by atoms with Crippen LogP contribution in [0.5, 0.6) is 0 Å². The van der Waals surface area contributed by atoms with Gasteiger partial charge in [-0.1, -0.05) is 53.0 Å². The fraction of sp³-hybridized carbons (Fsp3) is 0.238. The fourth-order valence-corrected chi connectivity index (χ4v) is 3.66. The van der Waals surface area contributed by atoms with E-state index < -0.39 is 0 Å². The first-order chi connectivity index (χ1) is 13.4. The Hall–Kier alpha value is -2.01. The summed E-state index contributed by atoms with van der Waals surface area (Å²) in [5.74, 6) is 1.05. The molecule has 0 aliphatic rings. The van der Waals surface area contributed by atoms with E-state index in [1.165, 1.54) is 0 Å². The van der Waals surface area contributed by atoms with Gasteiger partial charge in [0.15, 0.2) is 11.7 Å². The van der Waals surface area contributed by atoms with Crippen molar-refractivity contribution in [1.29, 1.82) is 0 Å². The summed E-state index contributed by atoms with van der Waals surface area (Å²) in [4.78, 5) is 18.5. The van der Waals surface area contributed by atoms with Crippen molar-refractivity contribution in [2.24, 2.45) is 0 Å². The third-order valence-corrected chi connectivity index (χ3v) is 5.52. The average Bonchev–Trinajstić information content (AvgIpc) is 3.14. The first kappa shape index (κ1) is 20.7. The smallest absolute Gasteiger partial charge is 0.223 e. The molecule has 4 nitrogen and oxygen atoms in total. The monoisotopic (exact) mass is 436 g/mol. The molecule has 1 unspecified atom stereocenters.